The van der Waals surface area contributed by atoms with Crippen molar-refractivity contribution >= 4 is 0 Å². The van der Waals surface area contributed by atoms with Gasteiger partial charge < -0.3 is 5.11 Å². The number of benzene rings is 1. The Morgan fingerprint density at radius 2 is 1.95 bits per heavy atom. The minimum Gasteiger partial charge on any atom is -0.392 e. The number of aromatic nitrogens is 2. The lowest BCUT2D eigenvalue weighted by Crippen LogP contribution is -2.16. The molecule has 0 saturated carbocycles. The zero-order chi connectivity index (χ0) is 14.7. The maximum Gasteiger partial charge on any atom is 0.0635 e. The first-order valence-corrected chi connectivity index (χ1v) is 7.25. The molecule has 0 aliphatic heterocycles. The molecule has 2 rings (SSSR count). The second-order valence-electron chi connectivity index (χ2n) is 5.60. The molecular formula is C17H24N2O. The van der Waals surface area contributed by atoms with Gasteiger partial charge in [-0.3, -0.25) is 4.68 Å². The first-order chi connectivity index (χ1) is 9.49. The van der Waals surface area contributed by atoms with Crippen LogP contribution in [0.1, 0.15) is 35.0 Å². The van der Waals surface area contributed by atoms with Gasteiger partial charge in [0.15, 0.2) is 0 Å². The van der Waals surface area contributed by atoms with E-state index in [9.17, 15) is 5.11 Å². The van der Waals surface area contributed by atoms with E-state index < -0.39 is 0 Å². The smallest absolute Gasteiger partial charge is 0.0635 e. The number of aryl methyl sites for hydroxylation is 4. The average Bonchev–Trinajstić information content (AvgIpc) is 2.74. The van der Waals surface area contributed by atoms with E-state index in [1.54, 1.807) is 0 Å². The molecule has 2 aromatic rings. The third kappa shape index (κ3) is 3.48. The van der Waals surface area contributed by atoms with Crippen LogP contribution in [0, 0.1) is 13.8 Å². The Morgan fingerprint density at radius 1 is 1.20 bits per heavy atom. The van der Waals surface area contributed by atoms with Crippen LogP contribution in [0.2, 0.25) is 0 Å². The highest BCUT2D eigenvalue weighted by atomic mass is 16.3. The molecule has 1 aromatic carbocycles. The molecule has 1 atom stereocenters. The van der Waals surface area contributed by atoms with Gasteiger partial charge in [0.25, 0.3) is 0 Å². The van der Waals surface area contributed by atoms with Crippen LogP contribution in [0.5, 0.6) is 0 Å². The van der Waals surface area contributed by atoms with E-state index in [2.05, 4.69) is 50.1 Å². The van der Waals surface area contributed by atoms with Crippen LogP contribution >= 0.6 is 0 Å². The van der Waals surface area contributed by atoms with Gasteiger partial charge in [0, 0.05) is 19.2 Å². The summed E-state index contributed by atoms with van der Waals surface area (Å²) in [5, 5.41) is 14.8. The van der Waals surface area contributed by atoms with Crippen LogP contribution in [0.25, 0.3) is 0 Å². The fourth-order valence-corrected chi connectivity index (χ4v) is 2.52. The predicted molar refractivity (Wildman–Crippen MR) is 81.9 cm³/mol. The molecule has 0 saturated heterocycles. The number of hydrogen-bond donors (Lipinski definition) is 1. The Hall–Kier alpha value is -1.61. The number of aliphatic hydroxyl groups is 1. The predicted octanol–water partition coefficient (Wildman–Crippen LogP) is 2.75. The zero-order valence-electron chi connectivity index (χ0n) is 12.8. The van der Waals surface area contributed by atoms with Gasteiger partial charge in [-0.05, 0) is 43.9 Å². The van der Waals surface area contributed by atoms with Crippen molar-refractivity contribution in [3.63, 3.8) is 0 Å². The maximum absolute atomic E-state index is 10.3. The molecule has 0 radical (unpaired) electrons. The first kappa shape index (κ1) is 14.8. The average molecular weight is 272 g/mol. The lowest BCUT2D eigenvalue weighted by atomic mass is 9.98. The van der Waals surface area contributed by atoms with Crippen molar-refractivity contribution in [2.24, 2.45) is 7.05 Å². The van der Waals surface area contributed by atoms with Crippen molar-refractivity contribution in [2.45, 2.75) is 46.1 Å². The second kappa shape index (κ2) is 6.23. The molecule has 1 unspecified atom stereocenters. The fraction of sp³-hybridized carbons (Fsp3) is 0.471. The number of hydrogen-bond acceptors (Lipinski definition) is 2. The molecule has 108 valence electrons. The summed E-state index contributed by atoms with van der Waals surface area (Å²) in [5.41, 5.74) is 5.90. The lowest BCUT2D eigenvalue weighted by molar-refractivity contribution is 0.172. The van der Waals surface area contributed by atoms with E-state index >= 15 is 0 Å². The molecular weight excluding hydrogens is 248 g/mol. The van der Waals surface area contributed by atoms with Gasteiger partial charge in [-0.2, -0.15) is 5.10 Å². The van der Waals surface area contributed by atoms with Crippen molar-refractivity contribution in [2.75, 3.05) is 0 Å². The summed E-state index contributed by atoms with van der Waals surface area (Å²) in [6, 6.07) is 8.49. The van der Waals surface area contributed by atoms with Crippen LogP contribution < -0.4 is 0 Å². The van der Waals surface area contributed by atoms with Crippen molar-refractivity contribution < 1.29 is 5.11 Å². The van der Waals surface area contributed by atoms with E-state index in [0.717, 1.165) is 17.8 Å². The molecule has 0 aliphatic carbocycles. The highest BCUT2D eigenvalue weighted by Gasteiger charge is 2.12. The summed E-state index contributed by atoms with van der Waals surface area (Å²) < 4.78 is 1.88. The second-order valence-corrected chi connectivity index (χ2v) is 5.60. The fourth-order valence-electron chi connectivity index (χ4n) is 2.52. The van der Waals surface area contributed by atoms with Crippen LogP contribution in [-0.2, 0) is 26.3 Å². The van der Waals surface area contributed by atoms with Gasteiger partial charge in [-0.15, -0.1) is 0 Å². The van der Waals surface area contributed by atoms with Crippen LogP contribution in [0.3, 0.4) is 0 Å². The van der Waals surface area contributed by atoms with Crippen molar-refractivity contribution in [1.82, 2.24) is 9.78 Å². The molecule has 0 aliphatic rings. The minimum absolute atomic E-state index is 0.365. The van der Waals surface area contributed by atoms with Crippen molar-refractivity contribution in [3.05, 3.63) is 52.3 Å². The van der Waals surface area contributed by atoms with Gasteiger partial charge in [-0.1, -0.05) is 30.7 Å². The normalized spacial score (nSPS) is 12.7. The molecule has 3 heteroatoms. The topological polar surface area (TPSA) is 38.0 Å². The molecule has 0 amide bonds. The first-order valence-electron chi connectivity index (χ1n) is 7.25. The van der Waals surface area contributed by atoms with E-state index in [4.69, 9.17) is 0 Å². The van der Waals surface area contributed by atoms with Crippen LogP contribution in [0.15, 0.2) is 24.3 Å². The van der Waals surface area contributed by atoms with Crippen LogP contribution in [0.4, 0.5) is 0 Å². The molecule has 1 aromatic heterocycles. The van der Waals surface area contributed by atoms with E-state index in [1.165, 1.54) is 16.7 Å². The maximum atomic E-state index is 10.3. The molecule has 1 N–H and O–H groups in total. The lowest BCUT2D eigenvalue weighted by Gasteiger charge is -2.13. The highest BCUT2D eigenvalue weighted by molar-refractivity contribution is 5.31. The van der Waals surface area contributed by atoms with E-state index in [1.807, 2.05) is 11.7 Å². The molecule has 20 heavy (non-hydrogen) atoms. The van der Waals surface area contributed by atoms with E-state index in [0.29, 0.717) is 12.8 Å². The van der Waals surface area contributed by atoms with Gasteiger partial charge in [0.1, 0.15) is 0 Å². The molecule has 1 heterocycles. The quantitative estimate of drug-likeness (QED) is 0.909. The standard InChI is InChI=1S/C17H24N2O/c1-5-15-10-16(19(4)18-15)11-17(20)9-14-8-12(2)6-7-13(14)3/h6-8,10,17,20H,5,9,11H2,1-4H3. The Balaban J connectivity index is 2.06. The summed E-state index contributed by atoms with van der Waals surface area (Å²) in [6.45, 7) is 6.28. The van der Waals surface area contributed by atoms with E-state index in [-0.39, 0.29) is 6.10 Å². The third-order valence-corrected chi connectivity index (χ3v) is 3.79. The summed E-state index contributed by atoms with van der Waals surface area (Å²) in [5.74, 6) is 0. The van der Waals surface area contributed by atoms with Crippen molar-refractivity contribution in [3.8, 4) is 0 Å². The molecule has 0 spiro atoms. The molecule has 0 bridgehead atoms. The summed E-state index contributed by atoms with van der Waals surface area (Å²) >= 11 is 0. The van der Waals surface area contributed by atoms with Crippen molar-refractivity contribution in [1.29, 1.82) is 0 Å². The SMILES string of the molecule is CCc1cc(CC(O)Cc2cc(C)ccc2C)n(C)n1. The van der Waals surface area contributed by atoms with Gasteiger partial charge in [0.2, 0.25) is 0 Å². The third-order valence-electron chi connectivity index (χ3n) is 3.79. The number of rotatable bonds is 5. The molecule has 3 nitrogen and oxygen atoms in total. The van der Waals surface area contributed by atoms with Crippen LogP contribution in [-0.4, -0.2) is 21.0 Å². The van der Waals surface area contributed by atoms with Gasteiger partial charge in [-0.25, -0.2) is 0 Å². The summed E-state index contributed by atoms with van der Waals surface area (Å²) in [7, 11) is 1.94. The summed E-state index contributed by atoms with van der Waals surface area (Å²) in [6.07, 6.45) is 1.91. The Labute approximate surface area is 121 Å². The summed E-state index contributed by atoms with van der Waals surface area (Å²) in [4.78, 5) is 0. The van der Waals surface area contributed by atoms with Gasteiger partial charge in [0.05, 0.1) is 11.8 Å². The Morgan fingerprint density at radius 3 is 2.60 bits per heavy atom. The van der Waals surface area contributed by atoms with Gasteiger partial charge >= 0.3 is 0 Å². The Bertz CT molecular complexity index is 587. The number of nitrogens with zero attached hydrogens (tertiary/aromatic N) is 2. The largest absolute Gasteiger partial charge is 0.392 e. The highest BCUT2D eigenvalue weighted by Crippen LogP contribution is 2.15. The number of aliphatic hydroxyl groups excluding tert-OH is 1. The monoisotopic (exact) mass is 272 g/mol. The zero-order valence-corrected chi connectivity index (χ0v) is 12.8. The minimum atomic E-state index is -0.365. The Kier molecular flexibility index (Phi) is 4.61. The molecule has 0 fully saturated rings.